The fourth-order valence-electron chi connectivity index (χ4n) is 4.90. The number of hydrogen-bond acceptors (Lipinski definition) is 4. The Morgan fingerprint density at radius 2 is 1.73 bits per heavy atom. The fraction of sp³-hybridized carbons (Fsp3) is 0.308. The normalized spacial score (nSPS) is 19.9. The first kappa shape index (κ1) is 21.8. The molecule has 1 unspecified atom stereocenters. The van der Waals surface area contributed by atoms with E-state index in [-0.39, 0.29) is 23.7 Å². The van der Waals surface area contributed by atoms with E-state index in [4.69, 9.17) is 0 Å². The Kier molecular flexibility index (Phi) is 6.00. The molecule has 0 saturated carbocycles. The molecular formula is C26H26FN3O2S. The number of amides is 2. The van der Waals surface area contributed by atoms with Crippen molar-refractivity contribution in [1.29, 1.82) is 0 Å². The Bertz CT molecular complexity index is 1110. The number of nitrogens with one attached hydrogen (secondary N) is 1. The highest BCUT2D eigenvalue weighted by Crippen LogP contribution is 2.35. The summed E-state index contributed by atoms with van der Waals surface area (Å²) in [5, 5.41) is 5.56. The van der Waals surface area contributed by atoms with Crippen LogP contribution in [-0.4, -0.2) is 46.4 Å². The number of likely N-dealkylation sites (tertiary alicyclic amines) is 1. The molecule has 1 aromatic heterocycles. The van der Waals surface area contributed by atoms with Gasteiger partial charge in [-0.25, -0.2) is 4.39 Å². The van der Waals surface area contributed by atoms with Gasteiger partial charge in [0.05, 0.1) is 16.6 Å². The smallest absolute Gasteiger partial charge is 0.263 e. The van der Waals surface area contributed by atoms with Crippen molar-refractivity contribution < 1.29 is 14.0 Å². The quantitative estimate of drug-likeness (QED) is 0.621. The average molecular weight is 464 g/mol. The van der Waals surface area contributed by atoms with Gasteiger partial charge < -0.3 is 9.80 Å². The first-order chi connectivity index (χ1) is 16.0. The first-order valence-electron chi connectivity index (χ1n) is 11.2. The molecule has 1 N–H and O–H groups in total. The largest absolute Gasteiger partial charge is 0.338 e. The van der Waals surface area contributed by atoms with E-state index in [1.807, 2.05) is 57.6 Å². The van der Waals surface area contributed by atoms with Gasteiger partial charge in [-0.3, -0.25) is 14.9 Å². The maximum Gasteiger partial charge on any atom is 0.263 e. The summed E-state index contributed by atoms with van der Waals surface area (Å²) in [6, 6.07) is 19.7. The van der Waals surface area contributed by atoms with Crippen molar-refractivity contribution in [3.63, 3.8) is 0 Å². The molecule has 2 saturated heterocycles. The Morgan fingerprint density at radius 3 is 2.39 bits per heavy atom. The third-order valence-electron chi connectivity index (χ3n) is 6.67. The summed E-state index contributed by atoms with van der Waals surface area (Å²) in [6.45, 7) is 1.57. The zero-order valence-electron chi connectivity index (χ0n) is 18.2. The minimum Gasteiger partial charge on any atom is -0.338 e. The number of carbonyl (C=O) groups excluding carboxylic acids is 2. The molecule has 0 aliphatic carbocycles. The second-order valence-electron chi connectivity index (χ2n) is 8.74. The van der Waals surface area contributed by atoms with E-state index < -0.39 is 5.66 Å². The summed E-state index contributed by atoms with van der Waals surface area (Å²) in [7, 11) is 0. The van der Waals surface area contributed by atoms with E-state index in [2.05, 4.69) is 5.32 Å². The molecule has 33 heavy (non-hydrogen) atoms. The van der Waals surface area contributed by atoms with Gasteiger partial charge in [-0.15, -0.1) is 11.3 Å². The van der Waals surface area contributed by atoms with E-state index >= 15 is 0 Å². The third kappa shape index (κ3) is 4.43. The van der Waals surface area contributed by atoms with Gasteiger partial charge in [0.2, 0.25) is 5.91 Å². The lowest BCUT2D eigenvalue weighted by Gasteiger charge is -2.44. The Morgan fingerprint density at radius 1 is 1.00 bits per heavy atom. The van der Waals surface area contributed by atoms with Gasteiger partial charge >= 0.3 is 0 Å². The van der Waals surface area contributed by atoms with E-state index in [1.165, 1.54) is 23.5 Å². The van der Waals surface area contributed by atoms with E-state index in [0.29, 0.717) is 38.9 Å². The van der Waals surface area contributed by atoms with Crippen LogP contribution in [0.4, 0.5) is 4.39 Å². The molecule has 7 heteroatoms. The molecule has 2 fully saturated rings. The molecule has 2 aliphatic rings. The van der Waals surface area contributed by atoms with Crippen LogP contribution in [0.2, 0.25) is 0 Å². The maximum atomic E-state index is 13.6. The Balaban J connectivity index is 1.37. The van der Waals surface area contributed by atoms with Gasteiger partial charge in [-0.1, -0.05) is 48.5 Å². The van der Waals surface area contributed by atoms with Crippen LogP contribution in [0.15, 0.2) is 72.1 Å². The van der Waals surface area contributed by atoms with Gasteiger partial charge in [0.15, 0.2) is 0 Å². The van der Waals surface area contributed by atoms with Crippen molar-refractivity contribution in [2.45, 2.75) is 37.5 Å². The van der Waals surface area contributed by atoms with Gasteiger partial charge in [0.25, 0.3) is 5.91 Å². The monoisotopic (exact) mass is 463 g/mol. The molecular weight excluding hydrogens is 437 g/mol. The zero-order valence-corrected chi connectivity index (χ0v) is 19.1. The summed E-state index contributed by atoms with van der Waals surface area (Å²) in [5.74, 6) is -0.182. The summed E-state index contributed by atoms with van der Waals surface area (Å²) in [5.41, 5.74) is 1.48. The highest BCUT2D eigenvalue weighted by molar-refractivity contribution is 7.12. The lowest BCUT2D eigenvalue weighted by molar-refractivity contribution is -0.134. The first-order valence-corrected chi connectivity index (χ1v) is 12.1. The van der Waals surface area contributed by atoms with Gasteiger partial charge in [0, 0.05) is 32.5 Å². The van der Waals surface area contributed by atoms with Gasteiger partial charge in [-0.05, 0) is 41.1 Å². The molecule has 2 aliphatic heterocycles. The second kappa shape index (κ2) is 9.08. The van der Waals surface area contributed by atoms with Crippen LogP contribution in [0.3, 0.4) is 0 Å². The Hall–Kier alpha value is -3.03. The lowest BCUT2D eigenvalue weighted by Crippen LogP contribution is -2.59. The number of hydrogen-bond donors (Lipinski definition) is 1. The van der Waals surface area contributed by atoms with Crippen LogP contribution in [0.5, 0.6) is 0 Å². The molecule has 3 heterocycles. The molecule has 2 amide bonds. The van der Waals surface area contributed by atoms with Crippen molar-refractivity contribution in [2.24, 2.45) is 0 Å². The van der Waals surface area contributed by atoms with Crippen LogP contribution in [-0.2, 0) is 17.8 Å². The van der Waals surface area contributed by atoms with E-state index in [9.17, 15) is 14.0 Å². The summed E-state index contributed by atoms with van der Waals surface area (Å²) in [4.78, 5) is 30.9. The number of rotatable bonds is 5. The summed E-state index contributed by atoms with van der Waals surface area (Å²) >= 11 is 1.45. The van der Waals surface area contributed by atoms with Crippen molar-refractivity contribution >= 4 is 23.2 Å². The third-order valence-corrected chi connectivity index (χ3v) is 7.53. The van der Waals surface area contributed by atoms with Crippen molar-refractivity contribution in [3.05, 3.63) is 93.9 Å². The van der Waals surface area contributed by atoms with E-state index in [0.717, 1.165) is 16.0 Å². The minimum atomic E-state index is -0.517. The molecule has 0 radical (unpaired) electrons. The molecule has 5 rings (SSSR count). The SMILES string of the molecule is O=C(c1cccs1)N1CCC2(CC1)NC(Cc1ccccc1)C(=O)N2Cc1ccc(F)cc1. The lowest BCUT2D eigenvalue weighted by atomic mass is 9.95. The van der Waals surface area contributed by atoms with Gasteiger partial charge in [0.1, 0.15) is 5.82 Å². The zero-order chi connectivity index (χ0) is 22.8. The highest BCUT2D eigenvalue weighted by Gasteiger charge is 2.51. The maximum absolute atomic E-state index is 13.6. The van der Waals surface area contributed by atoms with Crippen LogP contribution in [0.25, 0.3) is 0 Å². The molecule has 5 nitrogen and oxygen atoms in total. The second-order valence-corrected chi connectivity index (χ2v) is 9.69. The predicted octanol–water partition coefficient (Wildman–Crippen LogP) is 4.06. The molecule has 1 atom stereocenters. The van der Waals surface area contributed by atoms with Gasteiger partial charge in [-0.2, -0.15) is 0 Å². The van der Waals surface area contributed by atoms with Crippen LogP contribution in [0, 0.1) is 5.82 Å². The Labute approximate surface area is 196 Å². The summed E-state index contributed by atoms with van der Waals surface area (Å²) < 4.78 is 13.4. The number of piperidine rings is 1. The predicted molar refractivity (Wildman–Crippen MR) is 126 cm³/mol. The molecule has 3 aromatic rings. The number of benzene rings is 2. The van der Waals surface area contributed by atoms with E-state index in [1.54, 1.807) is 12.1 Å². The van der Waals surface area contributed by atoms with Crippen molar-refractivity contribution in [3.8, 4) is 0 Å². The highest BCUT2D eigenvalue weighted by atomic mass is 32.1. The molecule has 2 aromatic carbocycles. The number of nitrogens with zero attached hydrogens (tertiary/aromatic N) is 2. The average Bonchev–Trinajstić information content (AvgIpc) is 3.45. The molecule has 1 spiro atoms. The number of thiophene rings is 1. The standard InChI is InChI=1S/C26H26FN3O2S/c27-21-10-8-20(9-11-21)18-30-24(31)22(17-19-5-2-1-3-6-19)28-26(30)12-14-29(15-13-26)25(32)23-7-4-16-33-23/h1-11,16,22,28H,12-15,17-18H2. The van der Waals surface area contributed by atoms with Crippen LogP contribution < -0.4 is 5.32 Å². The van der Waals surface area contributed by atoms with Crippen LogP contribution >= 0.6 is 11.3 Å². The van der Waals surface area contributed by atoms with Crippen molar-refractivity contribution in [2.75, 3.05) is 13.1 Å². The van der Waals surface area contributed by atoms with Crippen LogP contribution in [0.1, 0.15) is 33.6 Å². The summed E-state index contributed by atoms with van der Waals surface area (Å²) in [6.07, 6.45) is 1.92. The molecule has 0 bridgehead atoms. The fourth-order valence-corrected chi connectivity index (χ4v) is 5.59. The number of halogens is 1. The minimum absolute atomic E-state index is 0.0510. The topological polar surface area (TPSA) is 52.7 Å². The number of carbonyl (C=O) groups is 2. The molecule has 170 valence electrons. The van der Waals surface area contributed by atoms with Crippen molar-refractivity contribution in [1.82, 2.24) is 15.1 Å².